The summed E-state index contributed by atoms with van der Waals surface area (Å²) >= 11 is 6.43. The summed E-state index contributed by atoms with van der Waals surface area (Å²) in [6.45, 7) is 5.75. The van der Waals surface area contributed by atoms with Gasteiger partial charge in [-0.15, -0.1) is 0 Å². The van der Waals surface area contributed by atoms with Gasteiger partial charge in [0.25, 0.3) is 0 Å². The lowest BCUT2D eigenvalue weighted by atomic mass is 9.99. The molecule has 3 heterocycles. The quantitative estimate of drug-likeness (QED) is 0.354. The SMILES string of the molecule is [B]c1cnn2c(NCC3CCCN(S(=O)(=O)c4ccc(C(C)C)cc4)C3)cc(-c3ccccc3Cl)nc12. The van der Waals surface area contributed by atoms with E-state index < -0.39 is 10.0 Å². The Morgan fingerprint density at radius 2 is 1.92 bits per heavy atom. The number of anilines is 1. The van der Waals surface area contributed by atoms with Crippen molar-refractivity contribution in [2.45, 2.75) is 37.5 Å². The molecule has 1 unspecified atom stereocenters. The second-order valence-electron chi connectivity index (χ2n) is 9.82. The average Bonchev–Trinajstić information content (AvgIpc) is 3.28. The van der Waals surface area contributed by atoms with Gasteiger partial charge in [0.1, 0.15) is 13.7 Å². The molecule has 2 radical (unpaired) electrons. The summed E-state index contributed by atoms with van der Waals surface area (Å²) in [6.07, 6.45) is 3.31. The minimum absolute atomic E-state index is 0.137. The molecule has 1 N–H and O–H groups in total. The monoisotopic (exact) mass is 533 g/mol. The second-order valence-corrected chi connectivity index (χ2v) is 12.2. The van der Waals surface area contributed by atoms with Crippen molar-refractivity contribution in [3.05, 3.63) is 71.4 Å². The van der Waals surface area contributed by atoms with E-state index in [1.807, 2.05) is 42.5 Å². The minimum atomic E-state index is -3.55. The first kappa shape index (κ1) is 25.8. The van der Waals surface area contributed by atoms with Crippen molar-refractivity contribution >= 4 is 46.4 Å². The molecule has 7 nitrogen and oxygen atoms in total. The highest BCUT2D eigenvalue weighted by molar-refractivity contribution is 7.89. The topological polar surface area (TPSA) is 79.6 Å². The number of fused-ring (bicyclic) bond motifs is 1. The fraction of sp³-hybridized carbons (Fsp3) is 0.333. The molecular weight excluding hydrogens is 505 g/mol. The molecule has 0 aliphatic carbocycles. The predicted octanol–water partition coefficient (Wildman–Crippen LogP) is 4.48. The van der Waals surface area contributed by atoms with Gasteiger partial charge in [0.2, 0.25) is 10.0 Å². The van der Waals surface area contributed by atoms with E-state index in [0.29, 0.717) is 52.3 Å². The number of rotatable bonds is 7. The first-order chi connectivity index (χ1) is 17.7. The van der Waals surface area contributed by atoms with Gasteiger partial charge in [-0.25, -0.2) is 13.4 Å². The van der Waals surface area contributed by atoms with Gasteiger partial charge in [-0.3, -0.25) is 0 Å². The van der Waals surface area contributed by atoms with Crippen LogP contribution in [0.5, 0.6) is 0 Å². The summed E-state index contributed by atoms with van der Waals surface area (Å²) in [6, 6.07) is 16.7. The number of halogens is 1. The third-order valence-electron chi connectivity index (χ3n) is 6.89. The summed E-state index contributed by atoms with van der Waals surface area (Å²) in [5.41, 5.74) is 3.62. The molecule has 1 aliphatic rings. The predicted molar refractivity (Wildman–Crippen MR) is 149 cm³/mol. The molecule has 0 saturated carbocycles. The molecule has 0 bridgehead atoms. The van der Waals surface area contributed by atoms with Crippen molar-refractivity contribution in [3.63, 3.8) is 0 Å². The first-order valence-corrected chi connectivity index (χ1v) is 14.3. The molecule has 5 rings (SSSR count). The fourth-order valence-electron chi connectivity index (χ4n) is 4.75. The van der Waals surface area contributed by atoms with Crippen molar-refractivity contribution in [2.24, 2.45) is 5.92 Å². The summed E-state index contributed by atoms with van der Waals surface area (Å²) < 4.78 is 30.0. The van der Waals surface area contributed by atoms with Gasteiger partial charge in [-0.2, -0.15) is 13.9 Å². The van der Waals surface area contributed by atoms with Crippen LogP contribution < -0.4 is 10.8 Å². The van der Waals surface area contributed by atoms with Gasteiger partial charge in [-0.1, -0.05) is 55.8 Å². The Kier molecular flexibility index (Phi) is 7.29. The Morgan fingerprint density at radius 1 is 1.16 bits per heavy atom. The molecule has 0 spiro atoms. The van der Waals surface area contributed by atoms with Crippen molar-refractivity contribution in [1.29, 1.82) is 0 Å². The molecule has 1 aliphatic heterocycles. The lowest BCUT2D eigenvalue weighted by Crippen LogP contribution is -2.41. The van der Waals surface area contributed by atoms with Crippen LogP contribution in [0.4, 0.5) is 5.82 Å². The van der Waals surface area contributed by atoms with Gasteiger partial charge < -0.3 is 5.32 Å². The number of piperidine rings is 1. The van der Waals surface area contributed by atoms with E-state index >= 15 is 0 Å². The number of benzene rings is 2. The molecule has 10 heteroatoms. The van der Waals surface area contributed by atoms with Crippen molar-refractivity contribution in [3.8, 4) is 11.3 Å². The van der Waals surface area contributed by atoms with Crippen LogP contribution in [0, 0.1) is 5.92 Å². The van der Waals surface area contributed by atoms with E-state index in [1.54, 1.807) is 27.2 Å². The fourth-order valence-corrected chi connectivity index (χ4v) is 6.53. The van der Waals surface area contributed by atoms with Gasteiger partial charge >= 0.3 is 0 Å². The molecule has 190 valence electrons. The van der Waals surface area contributed by atoms with Crippen molar-refractivity contribution < 1.29 is 8.42 Å². The second kappa shape index (κ2) is 10.5. The summed E-state index contributed by atoms with van der Waals surface area (Å²) in [4.78, 5) is 5.02. The highest BCUT2D eigenvalue weighted by atomic mass is 35.5. The number of hydrogen-bond donors (Lipinski definition) is 1. The standard InChI is InChI=1S/C27H29BClN5O2S/c1-18(2)20-9-11-21(12-10-20)37(35,36)33-13-5-6-19(17-33)15-30-26-14-25(22-7-3-4-8-24(22)29)32-27-23(28)16-31-34(26)27/h3-4,7-12,14,16,18-19,30H,5-6,13,15,17H2,1-2H3. The molecule has 1 saturated heterocycles. The molecule has 2 aromatic heterocycles. The lowest BCUT2D eigenvalue weighted by molar-refractivity contribution is 0.275. The highest BCUT2D eigenvalue weighted by Gasteiger charge is 2.30. The molecule has 0 amide bonds. The normalized spacial score (nSPS) is 16.9. The van der Waals surface area contributed by atoms with E-state index in [1.165, 1.54) is 0 Å². The number of nitrogens with zero attached hydrogens (tertiary/aromatic N) is 4. The van der Waals surface area contributed by atoms with Crippen LogP contribution in [0.2, 0.25) is 5.02 Å². The molecule has 2 aromatic carbocycles. The van der Waals surface area contributed by atoms with Crippen molar-refractivity contribution in [2.75, 3.05) is 25.0 Å². The van der Waals surface area contributed by atoms with E-state index in [4.69, 9.17) is 19.4 Å². The Balaban J connectivity index is 1.35. The maximum atomic E-state index is 13.4. The molecule has 1 fully saturated rings. The number of sulfonamides is 1. The molecule has 1 atom stereocenters. The zero-order valence-corrected chi connectivity index (χ0v) is 22.5. The Hall–Kier alpha value is -2.88. The van der Waals surface area contributed by atoms with Gasteiger partial charge in [0.05, 0.1) is 10.6 Å². The summed E-state index contributed by atoms with van der Waals surface area (Å²) in [5, 5.41) is 8.45. The van der Waals surface area contributed by atoms with Crippen LogP contribution in [0.25, 0.3) is 16.9 Å². The number of nitrogens with one attached hydrogen (secondary N) is 1. The third kappa shape index (κ3) is 5.26. The largest absolute Gasteiger partial charge is 0.370 e. The average molecular weight is 534 g/mol. The van der Waals surface area contributed by atoms with Gasteiger partial charge in [-0.05, 0) is 53.9 Å². The Bertz CT molecular complexity index is 1520. The zero-order chi connectivity index (χ0) is 26.2. The van der Waals surface area contributed by atoms with Gasteiger partial charge in [0, 0.05) is 42.5 Å². The zero-order valence-electron chi connectivity index (χ0n) is 20.9. The van der Waals surface area contributed by atoms with Crippen LogP contribution >= 0.6 is 11.6 Å². The van der Waals surface area contributed by atoms with E-state index in [0.717, 1.165) is 29.8 Å². The maximum Gasteiger partial charge on any atom is 0.243 e. The Labute approximate surface area is 224 Å². The van der Waals surface area contributed by atoms with Crippen molar-refractivity contribution in [1.82, 2.24) is 18.9 Å². The lowest BCUT2D eigenvalue weighted by Gasteiger charge is -2.32. The maximum absolute atomic E-state index is 13.4. The smallest absolute Gasteiger partial charge is 0.243 e. The van der Waals surface area contributed by atoms with E-state index in [-0.39, 0.29) is 5.92 Å². The van der Waals surface area contributed by atoms with Crippen LogP contribution in [-0.4, -0.2) is 54.8 Å². The molecule has 37 heavy (non-hydrogen) atoms. The number of hydrogen-bond acceptors (Lipinski definition) is 5. The summed E-state index contributed by atoms with van der Waals surface area (Å²) in [7, 11) is 2.58. The van der Waals surface area contributed by atoms with Gasteiger partial charge in [0.15, 0.2) is 5.65 Å². The Morgan fingerprint density at radius 3 is 2.65 bits per heavy atom. The molecule has 4 aromatic rings. The minimum Gasteiger partial charge on any atom is -0.370 e. The van der Waals surface area contributed by atoms with E-state index in [2.05, 4.69) is 29.2 Å². The van der Waals surface area contributed by atoms with Crippen LogP contribution in [0.15, 0.2) is 65.7 Å². The number of aromatic nitrogens is 3. The van der Waals surface area contributed by atoms with Crippen LogP contribution in [0.1, 0.15) is 38.2 Å². The first-order valence-electron chi connectivity index (χ1n) is 12.5. The third-order valence-corrected chi connectivity index (χ3v) is 9.10. The summed E-state index contributed by atoms with van der Waals surface area (Å²) in [5.74, 6) is 1.21. The van der Waals surface area contributed by atoms with E-state index in [9.17, 15) is 8.42 Å². The van der Waals surface area contributed by atoms with Crippen LogP contribution in [-0.2, 0) is 10.0 Å². The van der Waals surface area contributed by atoms with Crippen LogP contribution in [0.3, 0.4) is 0 Å². The highest BCUT2D eigenvalue weighted by Crippen LogP contribution is 2.29. The molecular formula is C27H29BClN5O2S.